The summed E-state index contributed by atoms with van der Waals surface area (Å²) in [5.74, 6) is -0.556. The van der Waals surface area contributed by atoms with Crippen molar-refractivity contribution < 1.29 is 13.9 Å². The highest BCUT2D eigenvalue weighted by atomic mass is 35.5. The van der Waals surface area contributed by atoms with Crippen LogP contribution in [0.3, 0.4) is 0 Å². The first-order valence-electron chi connectivity index (χ1n) is 8.37. The summed E-state index contributed by atoms with van der Waals surface area (Å²) in [6, 6.07) is 10.8. The van der Waals surface area contributed by atoms with Gasteiger partial charge in [0.2, 0.25) is 5.91 Å². The van der Waals surface area contributed by atoms with E-state index in [1.807, 2.05) is 12.1 Å². The van der Waals surface area contributed by atoms with Crippen molar-refractivity contribution in [2.24, 2.45) is 4.99 Å². The van der Waals surface area contributed by atoms with Gasteiger partial charge < -0.3 is 15.4 Å². The SMILES string of the molecule is O=C(CCl)Nc1ccc2c(c1)COC(=NC1CCc3cc(F)ccc31)N2. The molecule has 0 saturated heterocycles. The van der Waals surface area contributed by atoms with Gasteiger partial charge in [-0.2, -0.15) is 0 Å². The Bertz CT molecular complexity index is 900. The molecular weight excluding hydrogens is 357 g/mol. The first kappa shape index (κ1) is 16.8. The van der Waals surface area contributed by atoms with Gasteiger partial charge in [0, 0.05) is 16.9 Å². The number of carbonyl (C=O) groups excluding carboxylic acids is 1. The van der Waals surface area contributed by atoms with Crippen molar-refractivity contribution in [2.45, 2.75) is 25.5 Å². The summed E-state index contributed by atoms with van der Waals surface area (Å²) in [4.78, 5) is 16.0. The van der Waals surface area contributed by atoms with Crippen LogP contribution >= 0.6 is 11.6 Å². The second-order valence-electron chi connectivity index (χ2n) is 6.30. The molecule has 2 aromatic rings. The molecule has 0 fully saturated rings. The van der Waals surface area contributed by atoms with Crippen molar-refractivity contribution in [3.05, 3.63) is 58.9 Å². The fraction of sp³-hybridized carbons (Fsp3) is 0.263. The Morgan fingerprint density at radius 2 is 2.19 bits per heavy atom. The number of halogens is 2. The van der Waals surface area contributed by atoms with Crippen LogP contribution in [0.4, 0.5) is 15.8 Å². The lowest BCUT2D eigenvalue weighted by Crippen LogP contribution is -2.23. The number of anilines is 2. The Balaban J connectivity index is 1.51. The van der Waals surface area contributed by atoms with Gasteiger partial charge >= 0.3 is 0 Å². The van der Waals surface area contributed by atoms with Gasteiger partial charge in [0.1, 0.15) is 18.3 Å². The number of nitrogens with one attached hydrogen (secondary N) is 2. The molecule has 2 aliphatic rings. The molecule has 7 heteroatoms. The summed E-state index contributed by atoms with van der Waals surface area (Å²) in [6.07, 6.45) is 1.65. The zero-order valence-corrected chi connectivity index (χ0v) is 14.6. The lowest BCUT2D eigenvalue weighted by Gasteiger charge is -2.22. The maximum atomic E-state index is 13.3. The topological polar surface area (TPSA) is 62.7 Å². The van der Waals surface area contributed by atoms with Crippen molar-refractivity contribution in [1.82, 2.24) is 0 Å². The molecule has 1 atom stereocenters. The third-order valence-electron chi connectivity index (χ3n) is 4.54. The van der Waals surface area contributed by atoms with Crippen LogP contribution in [-0.4, -0.2) is 17.8 Å². The second kappa shape index (κ2) is 6.96. The quantitative estimate of drug-likeness (QED) is 0.800. The summed E-state index contributed by atoms with van der Waals surface area (Å²) < 4.78 is 19.1. The monoisotopic (exact) mass is 373 g/mol. The highest BCUT2D eigenvalue weighted by Crippen LogP contribution is 2.35. The Morgan fingerprint density at radius 3 is 3.04 bits per heavy atom. The van der Waals surface area contributed by atoms with Crippen LogP contribution in [0.25, 0.3) is 0 Å². The van der Waals surface area contributed by atoms with Crippen LogP contribution in [0.15, 0.2) is 41.4 Å². The molecular formula is C19H17ClFN3O2. The van der Waals surface area contributed by atoms with Crippen molar-refractivity contribution in [2.75, 3.05) is 16.5 Å². The van der Waals surface area contributed by atoms with E-state index in [9.17, 15) is 9.18 Å². The Kier molecular flexibility index (Phi) is 4.51. The summed E-state index contributed by atoms with van der Waals surface area (Å²) in [6.45, 7) is 0.356. The standard InChI is InChI=1S/C19H17ClFN3O2/c20-9-18(25)22-14-3-6-16-12(8-14)10-26-19(23-16)24-17-5-1-11-7-13(21)2-4-15(11)17/h2-4,6-8,17H,1,5,9-10H2,(H,22,25)(H,23,24). The lowest BCUT2D eigenvalue weighted by atomic mass is 10.1. The fourth-order valence-corrected chi connectivity index (χ4v) is 3.38. The van der Waals surface area contributed by atoms with Crippen LogP contribution in [0.5, 0.6) is 0 Å². The summed E-state index contributed by atoms with van der Waals surface area (Å²) >= 11 is 5.50. The average Bonchev–Trinajstić information content (AvgIpc) is 3.03. The van der Waals surface area contributed by atoms with Crippen molar-refractivity contribution >= 4 is 34.9 Å². The predicted molar refractivity (Wildman–Crippen MR) is 99.1 cm³/mol. The second-order valence-corrected chi connectivity index (χ2v) is 6.57. The van der Waals surface area contributed by atoms with E-state index in [-0.39, 0.29) is 23.6 Å². The highest BCUT2D eigenvalue weighted by molar-refractivity contribution is 6.29. The fourth-order valence-electron chi connectivity index (χ4n) is 3.31. The number of hydrogen-bond donors (Lipinski definition) is 2. The number of ether oxygens (including phenoxy) is 1. The van der Waals surface area contributed by atoms with E-state index >= 15 is 0 Å². The van der Waals surface area contributed by atoms with E-state index in [0.717, 1.165) is 35.2 Å². The number of fused-ring (bicyclic) bond motifs is 2. The molecule has 0 radical (unpaired) electrons. The molecule has 5 nitrogen and oxygen atoms in total. The zero-order valence-electron chi connectivity index (χ0n) is 13.9. The predicted octanol–water partition coefficient (Wildman–Crippen LogP) is 3.99. The molecule has 1 unspecified atom stereocenters. The third-order valence-corrected chi connectivity index (χ3v) is 4.78. The molecule has 4 rings (SSSR count). The van der Waals surface area contributed by atoms with E-state index in [4.69, 9.17) is 16.3 Å². The first-order chi connectivity index (χ1) is 12.6. The summed E-state index contributed by atoms with van der Waals surface area (Å²) in [5.41, 5.74) is 4.54. The number of rotatable bonds is 3. The van der Waals surface area contributed by atoms with E-state index in [1.165, 1.54) is 6.07 Å². The van der Waals surface area contributed by atoms with Gasteiger partial charge in [0.15, 0.2) is 0 Å². The van der Waals surface area contributed by atoms with Crippen LogP contribution in [0.2, 0.25) is 0 Å². The third kappa shape index (κ3) is 3.37. The highest BCUT2D eigenvalue weighted by Gasteiger charge is 2.24. The van der Waals surface area contributed by atoms with Crippen molar-refractivity contribution in [3.8, 4) is 0 Å². The van der Waals surface area contributed by atoms with Gasteiger partial charge in [0.25, 0.3) is 6.02 Å². The number of amidine groups is 1. The zero-order chi connectivity index (χ0) is 18.1. The number of hydrogen-bond acceptors (Lipinski definition) is 3. The van der Waals surface area contributed by atoms with Crippen molar-refractivity contribution in [3.63, 3.8) is 0 Å². The molecule has 1 aliphatic heterocycles. The number of nitrogens with zero attached hydrogens (tertiary/aromatic N) is 1. The number of carbonyl (C=O) groups is 1. The molecule has 2 N–H and O–H groups in total. The van der Waals surface area contributed by atoms with Crippen molar-refractivity contribution in [1.29, 1.82) is 0 Å². The van der Waals surface area contributed by atoms with Crippen LogP contribution in [0.1, 0.15) is 29.2 Å². The molecule has 134 valence electrons. The maximum absolute atomic E-state index is 13.3. The van der Waals surface area contributed by atoms with Crippen LogP contribution < -0.4 is 10.6 Å². The summed E-state index contributed by atoms with van der Waals surface area (Å²) in [5, 5.41) is 5.89. The minimum atomic E-state index is -0.255. The van der Waals surface area contributed by atoms with Gasteiger partial charge in [0.05, 0.1) is 6.04 Å². The van der Waals surface area contributed by atoms with Gasteiger partial charge in [-0.3, -0.25) is 4.79 Å². The average molecular weight is 374 g/mol. The molecule has 1 amide bonds. The number of aliphatic imine (C=N–C) groups is 1. The minimum Gasteiger partial charge on any atom is -0.460 e. The largest absolute Gasteiger partial charge is 0.460 e. The van der Waals surface area contributed by atoms with E-state index in [2.05, 4.69) is 15.6 Å². The van der Waals surface area contributed by atoms with Gasteiger partial charge in [-0.05, 0) is 54.3 Å². The maximum Gasteiger partial charge on any atom is 0.290 e. The smallest absolute Gasteiger partial charge is 0.290 e. The molecule has 2 aromatic carbocycles. The number of alkyl halides is 1. The molecule has 0 bridgehead atoms. The molecule has 1 heterocycles. The normalized spacial score (nSPS) is 19.3. The number of aryl methyl sites for hydroxylation is 1. The number of benzene rings is 2. The first-order valence-corrected chi connectivity index (χ1v) is 8.90. The molecule has 1 aliphatic carbocycles. The van der Waals surface area contributed by atoms with Gasteiger partial charge in [-0.1, -0.05) is 6.07 Å². The number of amides is 1. The van der Waals surface area contributed by atoms with Gasteiger partial charge in [-0.15, -0.1) is 11.6 Å². The summed E-state index contributed by atoms with van der Waals surface area (Å²) in [7, 11) is 0. The van der Waals surface area contributed by atoms with Crippen LogP contribution in [-0.2, 0) is 22.6 Å². The Hall–Kier alpha value is -2.60. The molecule has 0 saturated carbocycles. The lowest BCUT2D eigenvalue weighted by molar-refractivity contribution is -0.113. The molecule has 0 aromatic heterocycles. The minimum absolute atomic E-state index is 0.0306. The molecule has 0 spiro atoms. The van der Waals surface area contributed by atoms with E-state index in [1.54, 1.807) is 18.2 Å². The van der Waals surface area contributed by atoms with E-state index in [0.29, 0.717) is 18.3 Å². The molecule has 26 heavy (non-hydrogen) atoms. The Labute approximate surface area is 155 Å². The Morgan fingerprint density at radius 1 is 1.31 bits per heavy atom. The van der Waals surface area contributed by atoms with Crippen LogP contribution in [0, 0.1) is 5.82 Å². The van der Waals surface area contributed by atoms with Gasteiger partial charge in [-0.25, -0.2) is 9.38 Å². The van der Waals surface area contributed by atoms with E-state index < -0.39 is 0 Å².